The molecule has 1 unspecified atom stereocenters. The van der Waals surface area contributed by atoms with Gasteiger partial charge in [0, 0.05) is 11.1 Å². The average Bonchev–Trinajstić information content (AvgIpc) is 2.41. The fourth-order valence-corrected chi connectivity index (χ4v) is 2.52. The maximum atomic E-state index is 13.1. The summed E-state index contributed by atoms with van der Waals surface area (Å²) in [5.41, 5.74) is 4.72. The van der Waals surface area contributed by atoms with Crippen LogP contribution in [0.25, 0.3) is 0 Å². The molecule has 2 aromatic carbocycles. The molecule has 0 amide bonds. The molecule has 3 heteroatoms. The predicted octanol–water partition coefficient (Wildman–Crippen LogP) is 4.60. The molecule has 1 N–H and O–H groups in total. The Labute approximate surface area is 124 Å². The summed E-state index contributed by atoms with van der Waals surface area (Å²) in [6, 6.07) is 11.2. The molecule has 0 aromatic heterocycles. The van der Waals surface area contributed by atoms with Crippen LogP contribution in [0, 0.1) is 19.7 Å². The minimum atomic E-state index is -0.300. The van der Waals surface area contributed by atoms with Gasteiger partial charge >= 0.3 is 0 Å². The summed E-state index contributed by atoms with van der Waals surface area (Å²) in [6.45, 7) is 4.21. The van der Waals surface area contributed by atoms with Gasteiger partial charge in [-0.15, -0.1) is 0 Å². The molecule has 0 saturated carbocycles. The molecule has 2 aromatic rings. The molecule has 0 radical (unpaired) electrons. The normalized spacial score (nSPS) is 12.4. The van der Waals surface area contributed by atoms with E-state index in [4.69, 9.17) is 11.6 Å². The topological polar surface area (TPSA) is 12.0 Å². The van der Waals surface area contributed by atoms with Crippen molar-refractivity contribution in [2.24, 2.45) is 0 Å². The Morgan fingerprint density at radius 2 is 1.85 bits per heavy atom. The maximum Gasteiger partial charge on any atom is 0.124 e. The van der Waals surface area contributed by atoms with E-state index >= 15 is 0 Å². The SMILES string of the molecule is CNC(Cc1ccc(F)cc1Cl)c1ccc(C)c(C)c1. The van der Waals surface area contributed by atoms with Crippen molar-refractivity contribution >= 4 is 11.6 Å². The van der Waals surface area contributed by atoms with E-state index < -0.39 is 0 Å². The third-order valence-corrected chi connectivity index (χ3v) is 4.07. The van der Waals surface area contributed by atoms with E-state index in [9.17, 15) is 4.39 Å². The molecule has 1 nitrogen and oxygen atoms in total. The van der Waals surface area contributed by atoms with Crippen molar-refractivity contribution in [3.63, 3.8) is 0 Å². The van der Waals surface area contributed by atoms with Gasteiger partial charge in [-0.3, -0.25) is 0 Å². The molecule has 1 atom stereocenters. The quantitative estimate of drug-likeness (QED) is 0.868. The maximum absolute atomic E-state index is 13.1. The predicted molar refractivity (Wildman–Crippen MR) is 82.8 cm³/mol. The molecule has 0 aliphatic heterocycles. The number of hydrogen-bond acceptors (Lipinski definition) is 1. The van der Waals surface area contributed by atoms with Crippen LogP contribution in [-0.2, 0) is 6.42 Å². The van der Waals surface area contributed by atoms with E-state index in [2.05, 4.69) is 37.4 Å². The number of hydrogen-bond donors (Lipinski definition) is 1. The standard InChI is InChI=1S/C17H19ClFN/c1-11-4-5-14(8-12(11)2)17(20-3)9-13-6-7-15(19)10-16(13)18/h4-8,10,17,20H,9H2,1-3H3. The van der Waals surface area contributed by atoms with Gasteiger partial charge in [-0.1, -0.05) is 35.9 Å². The van der Waals surface area contributed by atoms with Crippen LogP contribution in [0.4, 0.5) is 4.39 Å². The summed E-state index contributed by atoms with van der Waals surface area (Å²) in [5.74, 6) is -0.300. The number of aryl methyl sites for hydroxylation is 2. The molecule has 0 spiro atoms. The van der Waals surface area contributed by atoms with Crippen LogP contribution in [0.2, 0.25) is 5.02 Å². The molecule has 0 bridgehead atoms. The Morgan fingerprint density at radius 1 is 1.10 bits per heavy atom. The molecular weight excluding hydrogens is 273 g/mol. The van der Waals surface area contributed by atoms with E-state index in [1.165, 1.54) is 28.8 Å². The highest BCUT2D eigenvalue weighted by Crippen LogP contribution is 2.25. The van der Waals surface area contributed by atoms with Gasteiger partial charge in [0.05, 0.1) is 0 Å². The van der Waals surface area contributed by atoms with E-state index in [-0.39, 0.29) is 11.9 Å². The van der Waals surface area contributed by atoms with E-state index in [0.717, 1.165) is 12.0 Å². The van der Waals surface area contributed by atoms with Gasteiger partial charge in [0.2, 0.25) is 0 Å². The van der Waals surface area contributed by atoms with Crippen molar-refractivity contribution in [3.05, 3.63) is 69.5 Å². The second-order valence-electron chi connectivity index (χ2n) is 5.12. The van der Waals surface area contributed by atoms with Crippen molar-refractivity contribution < 1.29 is 4.39 Å². The first-order valence-corrected chi connectivity index (χ1v) is 7.07. The lowest BCUT2D eigenvalue weighted by Crippen LogP contribution is -2.19. The lowest BCUT2D eigenvalue weighted by Gasteiger charge is -2.18. The summed E-state index contributed by atoms with van der Waals surface area (Å²) in [7, 11) is 1.93. The van der Waals surface area contributed by atoms with Gasteiger partial charge in [-0.05, 0) is 61.7 Å². The first-order chi connectivity index (χ1) is 9.51. The minimum absolute atomic E-state index is 0.164. The number of nitrogens with one attached hydrogen (secondary N) is 1. The van der Waals surface area contributed by atoms with Crippen molar-refractivity contribution in [2.75, 3.05) is 7.05 Å². The Bertz CT molecular complexity index is 610. The molecule has 0 heterocycles. The van der Waals surface area contributed by atoms with Gasteiger partial charge in [0.15, 0.2) is 0 Å². The molecule has 0 aliphatic carbocycles. The van der Waals surface area contributed by atoms with Crippen LogP contribution in [0.5, 0.6) is 0 Å². The highest BCUT2D eigenvalue weighted by atomic mass is 35.5. The summed E-state index contributed by atoms with van der Waals surface area (Å²) in [5, 5.41) is 3.78. The Balaban J connectivity index is 2.26. The van der Waals surface area contributed by atoms with Crippen molar-refractivity contribution in [3.8, 4) is 0 Å². The zero-order chi connectivity index (χ0) is 14.7. The largest absolute Gasteiger partial charge is 0.313 e. The molecule has 106 valence electrons. The van der Waals surface area contributed by atoms with E-state index in [0.29, 0.717) is 5.02 Å². The summed E-state index contributed by atoms with van der Waals surface area (Å²) < 4.78 is 13.1. The lowest BCUT2D eigenvalue weighted by atomic mass is 9.96. The monoisotopic (exact) mass is 291 g/mol. The van der Waals surface area contributed by atoms with Crippen LogP contribution in [0.1, 0.15) is 28.3 Å². The molecular formula is C17H19ClFN. The third-order valence-electron chi connectivity index (χ3n) is 3.72. The highest BCUT2D eigenvalue weighted by Gasteiger charge is 2.13. The zero-order valence-corrected chi connectivity index (χ0v) is 12.8. The van der Waals surface area contributed by atoms with Gasteiger partial charge in [0.25, 0.3) is 0 Å². The van der Waals surface area contributed by atoms with Gasteiger partial charge in [0.1, 0.15) is 5.82 Å². The lowest BCUT2D eigenvalue weighted by molar-refractivity contribution is 0.588. The highest BCUT2D eigenvalue weighted by molar-refractivity contribution is 6.31. The zero-order valence-electron chi connectivity index (χ0n) is 12.0. The van der Waals surface area contributed by atoms with Crippen LogP contribution in [-0.4, -0.2) is 7.05 Å². The van der Waals surface area contributed by atoms with Crippen LogP contribution < -0.4 is 5.32 Å². The second kappa shape index (κ2) is 6.38. The van der Waals surface area contributed by atoms with Gasteiger partial charge in [-0.25, -0.2) is 4.39 Å². The van der Waals surface area contributed by atoms with E-state index in [1.54, 1.807) is 6.07 Å². The third kappa shape index (κ3) is 3.38. The molecule has 20 heavy (non-hydrogen) atoms. The molecule has 0 fully saturated rings. The van der Waals surface area contributed by atoms with Crippen molar-refractivity contribution in [2.45, 2.75) is 26.3 Å². The summed E-state index contributed by atoms with van der Waals surface area (Å²) in [6.07, 6.45) is 0.734. The van der Waals surface area contributed by atoms with Crippen molar-refractivity contribution in [1.29, 1.82) is 0 Å². The van der Waals surface area contributed by atoms with Crippen LogP contribution >= 0.6 is 11.6 Å². The van der Waals surface area contributed by atoms with Crippen LogP contribution in [0.3, 0.4) is 0 Å². The fourth-order valence-electron chi connectivity index (χ4n) is 2.28. The Hall–Kier alpha value is -1.38. The molecule has 0 aliphatic rings. The second-order valence-corrected chi connectivity index (χ2v) is 5.53. The number of halogens is 2. The fraction of sp³-hybridized carbons (Fsp3) is 0.294. The van der Waals surface area contributed by atoms with Crippen LogP contribution in [0.15, 0.2) is 36.4 Å². The first-order valence-electron chi connectivity index (χ1n) is 6.69. The number of rotatable bonds is 4. The van der Waals surface area contributed by atoms with Gasteiger partial charge in [-0.2, -0.15) is 0 Å². The number of benzene rings is 2. The van der Waals surface area contributed by atoms with Crippen molar-refractivity contribution in [1.82, 2.24) is 5.32 Å². The minimum Gasteiger partial charge on any atom is -0.313 e. The Morgan fingerprint density at radius 3 is 2.45 bits per heavy atom. The smallest absolute Gasteiger partial charge is 0.124 e. The number of likely N-dealkylation sites (N-methyl/N-ethyl adjacent to an activating group) is 1. The van der Waals surface area contributed by atoms with E-state index in [1.807, 2.05) is 7.05 Å². The molecule has 2 rings (SSSR count). The first kappa shape index (κ1) is 15.0. The van der Waals surface area contributed by atoms with Gasteiger partial charge < -0.3 is 5.32 Å². The Kier molecular flexibility index (Phi) is 4.79. The summed E-state index contributed by atoms with van der Waals surface area (Å²) >= 11 is 6.11. The summed E-state index contributed by atoms with van der Waals surface area (Å²) in [4.78, 5) is 0. The average molecular weight is 292 g/mol. The molecule has 0 saturated heterocycles.